The molecule has 0 fully saturated rings. The summed E-state index contributed by atoms with van der Waals surface area (Å²) >= 11 is 1.21. The molecule has 31 heavy (non-hydrogen) atoms. The van der Waals surface area contributed by atoms with Gasteiger partial charge in [0.25, 0.3) is 5.91 Å². The van der Waals surface area contributed by atoms with Crippen LogP contribution in [0.2, 0.25) is 0 Å². The maximum Gasteiger partial charge on any atom is 0.341 e. The van der Waals surface area contributed by atoms with Crippen LogP contribution < -0.4 is 10.7 Å². The number of thiophene rings is 1. The van der Waals surface area contributed by atoms with E-state index in [2.05, 4.69) is 5.32 Å². The Morgan fingerprint density at radius 3 is 2.77 bits per heavy atom. The van der Waals surface area contributed by atoms with Crippen molar-refractivity contribution in [3.05, 3.63) is 62.3 Å². The van der Waals surface area contributed by atoms with Crippen LogP contribution in [0.5, 0.6) is 0 Å². The molecule has 1 aromatic carbocycles. The number of para-hydroxylation sites is 1. The fourth-order valence-electron chi connectivity index (χ4n) is 3.58. The second-order valence-corrected chi connectivity index (χ2v) is 8.15. The van der Waals surface area contributed by atoms with E-state index in [0.29, 0.717) is 35.5 Å². The Kier molecular flexibility index (Phi) is 5.60. The van der Waals surface area contributed by atoms with Gasteiger partial charge < -0.3 is 19.4 Å². The van der Waals surface area contributed by atoms with Gasteiger partial charge in [-0.25, -0.2) is 4.79 Å². The van der Waals surface area contributed by atoms with Crippen LogP contribution in [0, 0.1) is 0 Å². The molecule has 0 radical (unpaired) electrons. The summed E-state index contributed by atoms with van der Waals surface area (Å²) < 4.78 is 10.6. The second-order valence-electron chi connectivity index (χ2n) is 7.05. The van der Waals surface area contributed by atoms with Crippen LogP contribution in [-0.2, 0) is 22.5 Å². The number of hydrogen-bond donors (Lipinski definition) is 1. The number of anilines is 1. The maximum atomic E-state index is 12.9. The van der Waals surface area contributed by atoms with E-state index in [1.807, 2.05) is 0 Å². The van der Waals surface area contributed by atoms with E-state index in [-0.39, 0.29) is 23.6 Å². The minimum absolute atomic E-state index is 0.0592. The smallest absolute Gasteiger partial charge is 0.341 e. The van der Waals surface area contributed by atoms with Crippen LogP contribution in [0.1, 0.15) is 45.0 Å². The molecule has 0 aliphatic carbocycles. The molecule has 160 valence electrons. The average Bonchev–Trinajstić information content (AvgIpc) is 3.11. The number of hydrogen-bond acceptors (Lipinski definition) is 7. The second kappa shape index (κ2) is 8.35. The van der Waals surface area contributed by atoms with E-state index >= 15 is 0 Å². The molecule has 0 bridgehead atoms. The van der Waals surface area contributed by atoms with Crippen LogP contribution in [0.15, 0.2) is 39.7 Å². The first kappa shape index (κ1) is 20.8. The molecule has 2 aromatic heterocycles. The summed E-state index contributed by atoms with van der Waals surface area (Å²) in [5, 5.41) is 3.28. The molecule has 1 N–H and O–H groups in total. The average molecular weight is 440 g/mol. The van der Waals surface area contributed by atoms with Gasteiger partial charge in [-0.2, -0.15) is 0 Å². The predicted molar refractivity (Wildman–Crippen MR) is 116 cm³/mol. The Labute approximate surface area is 181 Å². The van der Waals surface area contributed by atoms with Gasteiger partial charge in [-0.05, 0) is 31.0 Å². The zero-order valence-corrected chi connectivity index (χ0v) is 17.8. The molecule has 1 aliphatic heterocycles. The van der Waals surface area contributed by atoms with Crippen molar-refractivity contribution in [1.82, 2.24) is 4.90 Å². The molecule has 3 heterocycles. The first-order chi connectivity index (χ1) is 14.9. The Bertz CT molecular complexity index is 1260. The number of amides is 2. The standard InChI is InChI=1S/C22H20N2O6S/c1-3-29-22(28)18-14-8-9-24(12(2)25)10-17(14)31-21(18)23-20(27)15-11-30-16-7-5-4-6-13(16)19(15)26/h4-7,11H,3,8-10H2,1-2H3,(H,23,27). The van der Waals surface area contributed by atoms with Crippen molar-refractivity contribution in [2.24, 2.45) is 0 Å². The number of fused-ring (bicyclic) bond motifs is 2. The van der Waals surface area contributed by atoms with Gasteiger partial charge in [0.1, 0.15) is 22.4 Å². The largest absolute Gasteiger partial charge is 0.463 e. The van der Waals surface area contributed by atoms with Crippen molar-refractivity contribution < 1.29 is 23.5 Å². The van der Waals surface area contributed by atoms with Crippen LogP contribution in [0.4, 0.5) is 5.00 Å². The number of rotatable bonds is 4. The lowest BCUT2D eigenvalue weighted by molar-refractivity contribution is -0.129. The van der Waals surface area contributed by atoms with Crippen LogP contribution >= 0.6 is 11.3 Å². The highest BCUT2D eigenvalue weighted by Crippen LogP contribution is 2.38. The van der Waals surface area contributed by atoms with Gasteiger partial charge in [0.05, 0.1) is 24.1 Å². The topological polar surface area (TPSA) is 106 Å². The number of nitrogens with zero attached hydrogens (tertiary/aromatic N) is 1. The Morgan fingerprint density at radius 2 is 2.03 bits per heavy atom. The van der Waals surface area contributed by atoms with Crippen LogP contribution in [0.3, 0.4) is 0 Å². The summed E-state index contributed by atoms with van der Waals surface area (Å²) in [6.45, 7) is 4.22. The third-order valence-corrected chi connectivity index (χ3v) is 6.27. The third-order valence-electron chi connectivity index (χ3n) is 5.13. The molecule has 8 nitrogen and oxygen atoms in total. The molecule has 3 aromatic rings. The number of nitrogens with one attached hydrogen (secondary N) is 1. The highest BCUT2D eigenvalue weighted by atomic mass is 32.1. The third kappa shape index (κ3) is 3.84. The van der Waals surface area contributed by atoms with E-state index < -0.39 is 17.3 Å². The molecule has 0 spiro atoms. The van der Waals surface area contributed by atoms with Gasteiger partial charge in [0.15, 0.2) is 0 Å². The summed E-state index contributed by atoms with van der Waals surface area (Å²) in [7, 11) is 0. The van der Waals surface area contributed by atoms with Crippen molar-refractivity contribution in [1.29, 1.82) is 0 Å². The van der Waals surface area contributed by atoms with Crippen LogP contribution in [0.25, 0.3) is 11.0 Å². The van der Waals surface area contributed by atoms with Gasteiger partial charge in [-0.1, -0.05) is 12.1 Å². The number of carbonyl (C=O) groups is 3. The lowest BCUT2D eigenvalue weighted by Crippen LogP contribution is -2.34. The molecule has 0 atom stereocenters. The molecule has 1 aliphatic rings. The Morgan fingerprint density at radius 1 is 1.26 bits per heavy atom. The zero-order chi connectivity index (χ0) is 22.1. The minimum Gasteiger partial charge on any atom is -0.463 e. The number of esters is 1. The summed E-state index contributed by atoms with van der Waals surface area (Å²) in [5.41, 5.74) is 0.809. The van der Waals surface area contributed by atoms with Gasteiger partial charge in [-0.3, -0.25) is 14.4 Å². The summed E-state index contributed by atoms with van der Waals surface area (Å²) in [4.78, 5) is 52.6. The highest BCUT2D eigenvalue weighted by molar-refractivity contribution is 7.17. The van der Waals surface area contributed by atoms with Crippen molar-refractivity contribution in [3.63, 3.8) is 0 Å². The lowest BCUT2D eigenvalue weighted by Gasteiger charge is -2.25. The first-order valence-corrected chi connectivity index (χ1v) is 10.6. The molecule has 0 unspecified atom stereocenters. The Balaban J connectivity index is 1.72. The molecule has 0 saturated heterocycles. The quantitative estimate of drug-likeness (QED) is 0.625. The van der Waals surface area contributed by atoms with Crippen molar-refractivity contribution >= 4 is 45.1 Å². The van der Waals surface area contributed by atoms with Crippen molar-refractivity contribution in [3.8, 4) is 0 Å². The summed E-state index contributed by atoms with van der Waals surface area (Å²) in [6, 6.07) is 6.65. The molecule has 2 amide bonds. The van der Waals surface area contributed by atoms with Gasteiger partial charge in [0.2, 0.25) is 11.3 Å². The normalized spacial score (nSPS) is 13.0. The highest BCUT2D eigenvalue weighted by Gasteiger charge is 2.30. The maximum absolute atomic E-state index is 12.9. The van der Waals surface area contributed by atoms with E-state index in [1.54, 1.807) is 36.1 Å². The van der Waals surface area contributed by atoms with E-state index in [1.165, 1.54) is 18.3 Å². The predicted octanol–water partition coefficient (Wildman–Crippen LogP) is 3.19. The van der Waals surface area contributed by atoms with E-state index in [4.69, 9.17) is 9.15 Å². The van der Waals surface area contributed by atoms with Gasteiger partial charge >= 0.3 is 5.97 Å². The fraction of sp³-hybridized carbons (Fsp3) is 0.273. The summed E-state index contributed by atoms with van der Waals surface area (Å²) in [5.74, 6) is -1.28. The Hall–Kier alpha value is -3.46. The van der Waals surface area contributed by atoms with Crippen molar-refractivity contribution in [2.75, 3.05) is 18.5 Å². The summed E-state index contributed by atoms with van der Waals surface area (Å²) in [6.07, 6.45) is 1.60. The van der Waals surface area contributed by atoms with E-state index in [9.17, 15) is 19.2 Å². The SMILES string of the molecule is CCOC(=O)c1c(NC(=O)c2coc3ccccc3c2=O)sc2c1CCN(C(C)=O)C2. The lowest BCUT2D eigenvalue weighted by atomic mass is 10.0. The number of benzene rings is 1. The number of carbonyl (C=O) groups excluding carboxylic acids is 3. The molecule has 0 saturated carbocycles. The van der Waals surface area contributed by atoms with Gasteiger partial charge in [0, 0.05) is 18.3 Å². The van der Waals surface area contributed by atoms with Crippen molar-refractivity contribution in [2.45, 2.75) is 26.8 Å². The van der Waals surface area contributed by atoms with Crippen LogP contribution in [-0.4, -0.2) is 35.8 Å². The van der Waals surface area contributed by atoms with Gasteiger partial charge in [-0.15, -0.1) is 11.3 Å². The molecular formula is C22H20N2O6S. The number of ether oxygens (including phenoxy) is 1. The molecular weight excluding hydrogens is 420 g/mol. The monoisotopic (exact) mass is 440 g/mol. The molecule has 9 heteroatoms. The molecule has 4 rings (SSSR count). The minimum atomic E-state index is -0.674. The van der Waals surface area contributed by atoms with E-state index in [0.717, 1.165) is 16.7 Å². The first-order valence-electron chi connectivity index (χ1n) is 9.79. The fourth-order valence-corrected chi connectivity index (χ4v) is 4.83. The zero-order valence-electron chi connectivity index (χ0n) is 17.0.